The van der Waals surface area contributed by atoms with Crippen LogP contribution in [0.15, 0.2) is 0 Å². The molecule has 116 valence electrons. The Hall–Kier alpha value is -0.390. The predicted molar refractivity (Wildman–Crippen MR) is 60.4 cm³/mol. The quantitative estimate of drug-likeness (QED) is 0.615. The van der Waals surface area contributed by atoms with Gasteiger partial charge >= 0.3 is 6.18 Å². The molecule has 0 saturated carbocycles. The molecule has 0 aromatic carbocycles. The van der Waals surface area contributed by atoms with Crippen molar-refractivity contribution >= 4 is 20.2 Å². The zero-order valence-electron chi connectivity index (χ0n) is 10.3. The van der Waals surface area contributed by atoms with Gasteiger partial charge in [0.2, 0.25) is 0 Å². The van der Waals surface area contributed by atoms with Gasteiger partial charge in [0.1, 0.15) is 0 Å². The first-order valence-electron chi connectivity index (χ1n) is 5.07. The van der Waals surface area contributed by atoms with Crippen LogP contribution in [0.2, 0.25) is 0 Å². The maximum atomic E-state index is 12.5. The van der Waals surface area contributed by atoms with Crippen LogP contribution in [-0.4, -0.2) is 48.7 Å². The lowest BCUT2D eigenvalue weighted by molar-refractivity contribution is -0.180. The Balaban J connectivity index is 4.34. The Kier molecular flexibility index (Phi) is 6.72. The van der Waals surface area contributed by atoms with Crippen LogP contribution in [-0.2, 0) is 28.6 Å². The first kappa shape index (κ1) is 18.6. The molecular formula is C8H15F3O6S2. The third kappa shape index (κ3) is 11.2. The van der Waals surface area contributed by atoms with E-state index in [-0.39, 0.29) is 0 Å². The average molecular weight is 328 g/mol. The molecule has 0 radical (unpaired) electrons. The van der Waals surface area contributed by atoms with Gasteiger partial charge in [-0.15, -0.1) is 0 Å². The fraction of sp³-hybridized carbons (Fsp3) is 1.00. The molecule has 0 N–H and O–H groups in total. The van der Waals surface area contributed by atoms with E-state index >= 15 is 0 Å². The van der Waals surface area contributed by atoms with Crippen molar-refractivity contribution in [3.63, 3.8) is 0 Å². The van der Waals surface area contributed by atoms with Gasteiger partial charge in [-0.05, 0) is 12.8 Å². The van der Waals surface area contributed by atoms with Gasteiger partial charge in [-0.25, -0.2) is 0 Å². The Morgan fingerprint density at radius 3 is 1.42 bits per heavy atom. The van der Waals surface area contributed by atoms with Gasteiger partial charge in [-0.2, -0.15) is 30.0 Å². The lowest BCUT2D eigenvalue weighted by Gasteiger charge is -2.19. The molecule has 0 aliphatic heterocycles. The average Bonchev–Trinajstić information content (AvgIpc) is 2.09. The minimum absolute atomic E-state index is 0.594. The summed E-state index contributed by atoms with van der Waals surface area (Å²) in [6, 6.07) is 0. The topological polar surface area (TPSA) is 86.7 Å². The summed E-state index contributed by atoms with van der Waals surface area (Å²) in [6.45, 7) is -1.25. The molecule has 0 fully saturated rings. The van der Waals surface area contributed by atoms with Crippen LogP contribution >= 0.6 is 0 Å². The molecule has 0 aromatic heterocycles. The summed E-state index contributed by atoms with van der Waals surface area (Å²) in [7, 11) is -7.61. The van der Waals surface area contributed by atoms with E-state index in [1.165, 1.54) is 0 Å². The number of hydrogen-bond acceptors (Lipinski definition) is 6. The second-order valence-electron chi connectivity index (χ2n) is 3.87. The molecule has 0 aromatic rings. The van der Waals surface area contributed by atoms with Crippen molar-refractivity contribution in [1.82, 2.24) is 0 Å². The molecule has 11 heteroatoms. The van der Waals surface area contributed by atoms with E-state index in [0.717, 1.165) is 12.5 Å². The van der Waals surface area contributed by atoms with Gasteiger partial charge < -0.3 is 0 Å². The lowest BCUT2D eigenvalue weighted by atomic mass is 10.0. The molecule has 0 atom stereocenters. The van der Waals surface area contributed by atoms with Crippen molar-refractivity contribution in [3.05, 3.63) is 0 Å². The summed E-state index contributed by atoms with van der Waals surface area (Å²) >= 11 is 0. The van der Waals surface area contributed by atoms with Gasteiger partial charge in [-0.3, -0.25) is 8.37 Å². The minimum Gasteiger partial charge on any atom is -0.270 e. The Morgan fingerprint density at radius 2 is 1.21 bits per heavy atom. The molecule has 0 rings (SSSR count). The molecule has 0 spiro atoms. The fourth-order valence-corrected chi connectivity index (χ4v) is 1.95. The molecular weight excluding hydrogens is 313 g/mol. The maximum absolute atomic E-state index is 12.5. The van der Waals surface area contributed by atoms with Gasteiger partial charge in [-0.1, -0.05) is 0 Å². The highest BCUT2D eigenvalue weighted by Crippen LogP contribution is 2.31. The molecule has 6 nitrogen and oxygen atoms in total. The van der Waals surface area contributed by atoms with Crippen LogP contribution in [0.1, 0.15) is 12.8 Å². The van der Waals surface area contributed by atoms with E-state index in [0.29, 0.717) is 0 Å². The van der Waals surface area contributed by atoms with E-state index in [9.17, 15) is 30.0 Å². The van der Waals surface area contributed by atoms with Gasteiger partial charge in [0.25, 0.3) is 20.2 Å². The Bertz CT molecular complexity index is 429. The summed E-state index contributed by atoms with van der Waals surface area (Å²) in [6.07, 6.45) is -4.32. The van der Waals surface area contributed by atoms with Crippen LogP contribution in [0.3, 0.4) is 0 Å². The summed E-state index contributed by atoms with van der Waals surface area (Å²) in [5.41, 5.74) is 0. The second kappa shape index (κ2) is 6.86. The maximum Gasteiger partial charge on any atom is 0.391 e. The van der Waals surface area contributed by atoms with Crippen molar-refractivity contribution in [1.29, 1.82) is 0 Å². The van der Waals surface area contributed by atoms with E-state index in [1.54, 1.807) is 0 Å². The monoisotopic (exact) mass is 328 g/mol. The van der Waals surface area contributed by atoms with E-state index in [2.05, 4.69) is 8.37 Å². The number of alkyl halides is 3. The normalized spacial score (nSPS) is 14.0. The van der Waals surface area contributed by atoms with Crippen LogP contribution in [0, 0.1) is 5.92 Å². The van der Waals surface area contributed by atoms with Crippen molar-refractivity contribution in [2.24, 2.45) is 5.92 Å². The van der Waals surface area contributed by atoms with E-state index in [4.69, 9.17) is 0 Å². The third-order valence-electron chi connectivity index (χ3n) is 1.99. The lowest BCUT2D eigenvalue weighted by Crippen LogP contribution is -2.26. The van der Waals surface area contributed by atoms with Gasteiger partial charge in [0, 0.05) is 0 Å². The zero-order valence-corrected chi connectivity index (χ0v) is 11.9. The van der Waals surface area contributed by atoms with Crippen LogP contribution in [0.5, 0.6) is 0 Å². The van der Waals surface area contributed by atoms with Crippen LogP contribution < -0.4 is 0 Å². The first-order valence-corrected chi connectivity index (χ1v) is 8.70. The third-order valence-corrected chi connectivity index (χ3v) is 3.18. The van der Waals surface area contributed by atoms with Crippen molar-refractivity contribution < 1.29 is 38.4 Å². The summed E-state index contributed by atoms with van der Waals surface area (Å²) in [5, 5.41) is 0. The summed E-state index contributed by atoms with van der Waals surface area (Å²) in [5.74, 6) is -1.89. The number of halogens is 3. The van der Waals surface area contributed by atoms with Gasteiger partial charge in [0.05, 0.1) is 31.6 Å². The van der Waals surface area contributed by atoms with Crippen molar-refractivity contribution in [2.75, 3.05) is 25.7 Å². The second-order valence-corrected chi connectivity index (χ2v) is 7.16. The minimum atomic E-state index is -4.58. The van der Waals surface area contributed by atoms with Crippen LogP contribution in [0.4, 0.5) is 13.2 Å². The predicted octanol–water partition coefficient (Wildman–Crippen LogP) is 0.898. The summed E-state index contributed by atoms with van der Waals surface area (Å²) < 4.78 is 88.5. The Morgan fingerprint density at radius 1 is 0.895 bits per heavy atom. The standard InChI is InChI=1S/C8H15F3O6S2/c1-18(12,13)16-5-3-7(8(9,10)11)4-6-17-19(2,14)15/h7H,3-6H2,1-2H3. The largest absolute Gasteiger partial charge is 0.391 e. The summed E-state index contributed by atoms with van der Waals surface area (Å²) in [4.78, 5) is 0. The number of hydrogen-bond donors (Lipinski definition) is 0. The molecule has 0 saturated heterocycles. The van der Waals surface area contributed by atoms with Gasteiger partial charge in [0.15, 0.2) is 0 Å². The zero-order chi connectivity index (χ0) is 15.3. The smallest absolute Gasteiger partial charge is 0.270 e. The highest BCUT2D eigenvalue weighted by atomic mass is 32.2. The fourth-order valence-electron chi connectivity index (χ4n) is 1.16. The van der Waals surface area contributed by atoms with Crippen molar-refractivity contribution in [3.8, 4) is 0 Å². The Labute approximate surface area is 110 Å². The molecule has 0 heterocycles. The first-order chi connectivity index (χ1) is 8.31. The molecule has 0 bridgehead atoms. The van der Waals surface area contributed by atoms with E-state index in [1.807, 2.05) is 0 Å². The molecule has 19 heavy (non-hydrogen) atoms. The van der Waals surface area contributed by atoms with Crippen molar-refractivity contribution in [2.45, 2.75) is 19.0 Å². The molecule has 0 aliphatic rings. The molecule has 0 aliphatic carbocycles. The highest BCUT2D eigenvalue weighted by molar-refractivity contribution is 7.86. The highest BCUT2D eigenvalue weighted by Gasteiger charge is 2.39. The number of rotatable bonds is 8. The SMILES string of the molecule is CS(=O)(=O)OCCC(CCOS(C)(=O)=O)C(F)(F)F. The molecule has 0 amide bonds. The van der Waals surface area contributed by atoms with E-state index < -0.39 is 58.4 Å². The molecule has 0 unspecified atom stereocenters. The van der Waals surface area contributed by atoms with Crippen LogP contribution in [0.25, 0.3) is 0 Å².